The minimum atomic E-state index is -0.151. The fourth-order valence-corrected chi connectivity index (χ4v) is 4.95. The molecule has 8 heteroatoms. The van der Waals surface area contributed by atoms with Crippen molar-refractivity contribution in [2.45, 2.75) is 44.2 Å². The molecule has 0 amide bonds. The van der Waals surface area contributed by atoms with Crippen molar-refractivity contribution in [1.29, 1.82) is 0 Å². The lowest BCUT2D eigenvalue weighted by atomic mass is 9.78. The number of ether oxygens (including phenoxy) is 3. The molecule has 174 valence electrons. The van der Waals surface area contributed by atoms with E-state index in [1.165, 1.54) is 22.5 Å². The molecule has 2 heterocycles. The lowest BCUT2D eigenvalue weighted by Gasteiger charge is -2.33. The number of aromatic nitrogens is 2. The second kappa shape index (κ2) is 9.29. The van der Waals surface area contributed by atoms with Crippen molar-refractivity contribution < 1.29 is 14.2 Å². The Morgan fingerprint density at radius 3 is 2.15 bits per heavy atom. The zero-order valence-electron chi connectivity index (χ0n) is 19.1. The molecular formula is C25H30N4O3S. The van der Waals surface area contributed by atoms with Gasteiger partial charge in [-0.15, -0.1) is 5.10 Å². The van der Waals surface area contributed by atoms with Crippen LogP contribution in [0.4, 0.5) is 5.13 Å². The summed E-state index contributed by atoms with van der Waals surface area (Å²) in [5, 5.41) is 9.88. The Labute approximate surface area is 198 Å². The Morgan fingerprint density at radius 2 is 1.55 bits per heavy atom. The van der Waals surface area contributed by atoms with Gasteiger partial charge in [-0.25, -0.2) is 0 Å². The predicted molar refractivity (Wildman–Crippen MR) is 130 cm³/mol. The molecule has 5 rings (SSSR count). The standard InChI is InChI=1S/C25H30N4O3S/c1-25(2,17-3-7-20(8-4-17)31-22-15-19(26)16-22)18-5-9-21(10-6-18)32-24-28-27-23(33-24)29-11-13-30-14-12-29/h3-10,19,22H,11-16,26H2,1-2H3/t19-,22-. The van der Waals surface area contributed by atoms with Crippen LogP contribution in [0.25, 0.3) is 0 Å². The van der Waals surface area contributed by atoms with Crippen LogP contribution in [0.3, 0.4) is 0 Å². The molecule has 0 unspecified atom stereocenters. The van der Waals surface area contributed by atoms with Gasteiger partial charge in [0.15, 0.2) is 0 Å². The van der Waals surface area contributed by atoms with Gasteiger partial charge in [0.25, 0.3) is 0 Å². The first-order valence-corrected chi connectivity index (χ1v) is 12.3. The maximum atomic E-state index is 5.99. The van der Waals surface area contributed by atoms with Crippen LogP contribution in [0, 0.1) is 0 Å². The number of hydrogen-bond acceptors (Lipinski definition) is 8. The maximum Gasteiger partial charge on any atom is 0.301 e. The quantitative estimate of drug-likeness (QED) is 0.554. The molecule has 0 radical (unpaired) electrons. The maximum absolute atomic E-state index is 5.99. The molecule has 2 N–H and O–H groups in total. The molecule has 2 aliphatic rings. The number of morpholine rings is 1. The Morgan fingerprint density at radius 1 is 0.939 bits per heavy atom. The number of rotatable bonds is 7. The van der Waals surface area contributed by atoms with Gasteiger partial charge in [-0.1, -0.05) is 43.2 Å². The van der Waals surface area contributed by atoms with Crippen molar-refractivity contribution in [2.75, 3.05) is 31.2 Å². The molecule has 2 fully saturated rings. The van der Waals surface area contributed by atoms with Gasteiger partial charge in [0.1, 0.15) is 17.6 Å². The molecule has 0 spiro atoms. The molecular weight excluding hydrogens is 436 g/mol. The molecule has 2 aromatic carbocycles. The van der Waals surface area contributed by atoms with Gasteiger partial charge in [-0.2, -0.15) is 0 Å². The minimum absolute atomic E-state index is 0.151. The van der Waals surface area contributed by atoms with Crippen LogP contribution in [0.1, 0.15) is 37.8 Å². The van der Waals surface area contributed by atoms with Crippen molar-refractivity contribution >= 4 is 16.5 Å². The van der Waals surface area contributed by atoms with E-state index < -0.39 is 0 Å². The fraction of sp³-hybridized carbons (Fsp3) is 0.440. The van der Waals surface area contributed by atoms with Crippen LogP contribution >= 0.6 is 11.3 Å². The number of anilines is 1. The van der Waals surface area contributed by atoms with Crippen molar-refractivity contribution in [2.24, 2.45) is 5.73 Å². The van der Waals surface area contributed by atoms with E-state index in [0.29, 0.717) is 11.2 Å². The number of nitrogens with two attached hydrogens (primary N) is 1. The van der Waals surface area contributed by atoms with Crippen molar-refractivity contribution in [3.63, 3.8) is 0 Å². The molecule has 1 aliphatic carbocycles. The first-order chi connectivity index (χ1) is 16.0. The SMILES string of the molecule is CC(C)(c1ccc(Oc2nnc(N3CCOCC3)s2)cc1)c1ccc(O[C@H]2C[C@H](N)C2)cc1. The highest BCUT2D eigenvalue weighted by atomic mass is 32.1. The first kappa shape index (κ1) is 22.1. The number of nitrogens with zero attached hydrogens (tertiary/aromatic N) is 3. The summed E-state index contributed by atoms with van der Waals surface area (Å²) < 4.78 is 17.4. The fourth-order valence-electron chi connectivity index (χ4n) is 4.18. The van der Waals surface area contributed by atoms with Crippen LogP contribution < -0.4 is 20.1 Å². The van der Waals surface area contributed by atoms with Crippen LogP contribution in [0.15, 0.2) is 48.5 Å². The van der Waals surface area contributed by atoms with Crippen LogP contribution in [-0.2, 0) is 10.2 Å². The summed E-state index contributed by atoms with van der Waals surface area (Å²) in [5.74, 6) is 1.66. The highest BCUT2D eigenvalue weighted by Crippen LogP contribution is 2.35. The average Bonchev–Trinajstić information content (AvgIpc) is 3.28. The zero-order valence-corrected chi connectivity index (χ0v) is 19.9. The second-order valence-electron chi connectivity index (χ2n) is 9.20. The van der Waals surface area contributed by atoms with Gasteiger partial charge in [0, 0.05) is 24.5 Å². The van der Waals surface area contributed by atoms with Crippen LogP contribution in [0.5, 0.6) is 16.7 Å². The minimum Gasteiger partial charge on any atom is -0.490 e. The summed E-state index contributed by atoms with van der Waals surface area (Å²) in [5.41, 5.74) is 8.14. The molecule has 1 aromatic heterocycles. The molecule has 1 saturated heterocycles. The van der Waals surface area contributed by atoms with Gasteiger partial charge in [0.05, 0.1) is 13.2 Å². The molecule has 1 aliphatic heterocycles. The molecule has 33 heavy (non-hydrogen) atoms. The summed E-state index contributed by atoms with van der Waals surface area (Å²) in [6.45, 7) is 7.56. The first-order valence-electron chi connectivity index (χ1n) is 11.4. The van der Waals surface area contributed by atoms with E-state index in [1.54, 1.807) is 0 Å². The summed E-state index contributed by atoms with van der Waals surface area (Å²) in [4.78, 5) is 2.18. The third kappa shape index (κ3) is 4.98. The van der Waals surface area contributed by atoms with E-state index in [2.05, 4.69) is 65.3 Å². The van der Waals surface area contributed by atoms with Crippen LogP contribution in [-0.4, -0.2) is 48.6 Å². The topological polar surface area (TPSA) is 82.7 Å². The smallest absolute Gasteiger partial charge is 0.301 e. The van der Waals surface area contributed by atoms with E-state index in [-0.39, 0.29) is 11.5 Å². The van der Waals surface area contributed by atoms with E-state index in [0.717, 1.165) is 55.8 Å². The van der Waals surface area contributed by atoms with E-state index in [1.807, 2.05) is 12.1 Å². The van der Waals surface area contributed by atoms with E-state index in [4.69, 9.17) is 19.9 Å². The summed E-state index contributed by atoms with van der Waals surface area (Å²) >= 11 is 1.46. The highest BCUT2D eigenvalue weighted by molar-refractivity contribution is 7.17. The lowest BCUT2D eigenvalue weighted by Crippen LogP contribution is -2.43. The number of hydrogen-bond donors (Lipinski definition) is 1. The molecule has 0 bridgehead atoms. The molecule has 3 aromatic rings. The average molecular weight is 467 g/mol. The second-order valence-corrected chi connectivity index (χ2v) is 10.1. The van der Waals surface area contributed by atoms with Crippen molar-refractivity contribution in [3.05, 3.63) is 59.7 Å². The lowest BCUT2D eigenvalue weighted by molar-refractivity contribution is 0.101. The van der Waals surface area contributed by atoms with E-state index in [9.17, 15) is 0 Å². The monoisotopic (exact) mass is 466 g/mol. The summed E-state index contributed by atoms with van der Waals surface area (Å²) in [6, 6.07) is 16.9. The Bertz CT molecular complexity index is 1060. The largest absolute Gasteiger partial charge is 0.490 e. The van der Waals surface area contributed by atoms with Gasteiger partial charge in [0.2, 0.25) is 5.13 Å². The summed E-state index contributed by atoms with van der Waals surface area (Å²) in [6.07, 6.45) is 2.13. The summed E-state index contributed by atoms with van der Waals surface area (Å²) in [7, 11) is 0. The molecule has 1 saturated carbocycles. The van der Waals surface area contributed by atoms with Crippen molar-refractivity contribution in [1.82, 2.24) is 10.2 Å². The Hall–Kier alpha value is -2.68. The molecule has 7 nitrogen and oxygen atoms in total. The molecule has 0 atom stereocenters. The third-order valence-corrected chi connectivity index (χ3v) is 7.33. The third-order valence-electron chi connectivity index (χ3n) is 6.47. The Kier molecular flexibility index (Phi) is 6.23. The number of benzene rings is 2. The Balaban J connectivity index is 1.22. The highest BCUT2D eigenvalue weighted by Gasteiger charge is 2.28. The zero-order chi connectivity index (χ0) is 22.8. The van der Waals surface area contributed by atoms with Gasteiger partial charge in [-0.05, 0) is 59.6 Å². The predicted octanol–water partition coefficient (Wildman–Crippen LogP) is 4.36. The normalized spacial score (nSPS) is 20.9. The van der Waals surface area contributed by atoms with Gasteiger partial charge in [-0.3, -0.25) is 0 Å². The van der Waals surface area contributed by atoms with Crippen molar-refractivity contribution in [3.8, 4) is 16.7 Å². The van der Waals surface area contributed by atoms with Crippen LogP contribution in [0.2, 0.25) is 0 Å². The van der Waals surface area contributed by atoms with Gasteiger partial charge >= 0.3 is 5.19 Å². The van der Waals surface area contributed by atoms with E-state index >= 15 is 0 Å². The van der Waals surface area contributed by atoms with Gasteiger partial charge < -0.3 is 24.8 Å².